The van der Waals surface area contributed by atoms with Gasteiger partial charge in [0, 0.05) is 25.8 Å². The normalized spacial score (nSPS) is 25.6. The number of nitrogens with zero attached hydrogens (tertiary/aromatic N) is 4. The highest BCUT2D eigenvalue weighted by Gasteiger charge is 2.48. The van der Waals surface area contributed by atoms with E-state index in [2.05, 4.69) is 15.3 Å². The monoisotopic (exact) mass is 649 g/mol. The van der Waals surface area contributed by atoms with E-state index in [4.69, 9.17) is 16.3 Å². The lowest BCUT2D eigenvalue weighted by atomic mass is 9.76. The second-order valence-corrected chi connectivity index (χ2v) is 15.0. The molecule has 1 aromatic carbocycles. The van der Waals surface area contributed by atoms with Crippen LogP contribution in [0.3, 0.4) is 0 Å². The quantitative estimate of drug-likeness (QED) is 0.360. The van der Waals surface area contributed by atoms with E-state index in [0.717, 1.165) is 69.7 Å². The Labute approximate surface area is 267 Å². The second kappa shape index (κ2) is 12.1. The number of likely N-dealkylation sites (tertiary alicyclic amines) is 2. The molecule has 2 saturated heterocycles. The topological polar surface area (TPSA) is 79.7 Å². The first-order valence-corrected chi connectivity index (χ1v) is 16.5. The fraction of sp³-hybridized carbons (Fsp3) is 0.667. The zero-order valence-corrected chi connectivity index (χ0v) is 27.0. The first-order valence-electron chi connectivity index (χ1n) is 16.1. The van der Waals surface area contributed by atoms with Crippen molar-refractivity contribution >= 4 is 29.3 Å². The van der Waals surface area contributed by atoms with E-state index >= 15 is 0 Å². The van der Waals surface area contributed by atoms with Crippen molar-refractivity contribution in [1.82, 2.24) is 19.6 Å². The number of benzene rings is 1. The summed E-state index contributed by atoms with van der Waals surface area (Å²) in [5.41, 5.74) is -0.914. The first kappa shape index (κ1) is 32.2. The largest absolute Gasteiger partial charge is 0.444 e. The van der Waals surface area contributed by atoms with E-state index in [1.807, 2.05) is 38.1 Å². The zero-order valence-electron chi connectivity index (χ0n) is 26.2. The Balaban J connectivity index is 0.995. The van der Waals surface area contributed by atoms with Crippen molar-refractivity contribution in [3.8, 4) is 0 Å². The standard InChI is InChI=1S/C33H43ClF3N5O3/c1-31(2,3)45-30(44)41-18-23-13-21(14-24(23)19-41)17-40-11-7-22(8-12-40)25-16-38-42(20-25)32(9-4-10-32)29(43)39-28-6-5-26(15-27(28)34)33(35,36)37/h5-6,15-16,20-24H,4,7-14,17-19H2,1-3H3,(H,39,43). The molecule has 8 nitrogen and oxygen atoms in total. The van der Waals surface area contributed by atoms with Crippen LogP contribution in [0.15, 0.2) is 30.6 Å². The summed E-state index contributed by atoms with van der Waals surface area (Å²) in [5.74, 6) is 1.85. The predicted molar refractivity (Wildman–Crippen MR) is 165 cm³/mol. The van der Waals surface area contributed by atoms with Crippen molar-refractivity contribution in [2.24, 2.45) is 17.8 Å². The maximum Gasteiger partial charge on any atom is 0.416 e. The lowest BCUT2D eigenvalue weighted by molar-refractivity contribution is -0.137. The average molecular weight is 650 g/mol. The minimum absolute atomic E-state index is 0.149. The number of hydrogen-bond donors (Lipinski definition) is 1. The molecule has 6 rings (SSSR count). The van der Waals surface area contributed by atoms with E-state index < -0.39 is 22.9 Å². The molecule has 45 heavy (non-hydrogen) atoms. The van der Waals surface area contributed by atoms with Crippen LogP contribution in [0.5, 0.6) is 0 Å². The number of amides is 2. The Morgan fingerprint density at radius 3 is 2.31 bits per heavy atom. The van der Waals surface area contributed by atoms with Crippen LogP contribution in [-0.4, -0.2) is 69.9 Å². The molecule has 2 aliphatic heterocycles. The third-order valence-corrected chi connectivity index (χ3v) is 10.6. The summed E-state index contributed by atoms with van der Waals surface area (Å²) in [4.78, 5) is 30.4. The maximum absolute atomic E-state index is 13.4. The molecule has 1 N–H and O–H groups in total. The number of carbonyl (C=O) groups excluding carboxylic acids is 2. The van der Waals surface area contributed by atoms with Crippen molar-refractivity contribution < 1.29 is 27.5 Å². The number of carbonyl (C=O) groups is 2. The molecule has 0 bridgehead atoms. The molecule has 2 atom stereocenters. The van der Waals surface area contributed by atoms with Gasteiger partial charge in [-0.1, -0.05) is 11.6 Å². The Kier molecular flexibility index (Phi) is 8.65. The lowest BCUT2D eigenvalue weighted by Gasteiger charge is -2.40. The fourth-order valence-electron chi connectivity index (χ4n) is 7.75. The van der Waals surface area contributed by atoms with Crippen LogP contribution in [0.1, 0.15) is 82.8 Å². The number of alkyl halides is 3. The van der Waals surface area contributed by atoms with Crippen LogP contribution in [0.2, 0.25) is 5.02 Å². The molecule has 246 valence electrons. The van der Waals surface area contributed by atoms with Gasteiger partial charge in [0.05, 0.1) is 22.5 Å². The molecule has 2 saturated carbocycles. The number of fused-ring (bicyclic) bond motifs is 1. The average Bonchev–Trinajstić information content (AvgIpc) is 3.64. The van der Waals surface area contributed by atoms with Crippen LogP contribution in [0.25, 0.3) is 0 Å². The summed E-state index contributed by atoms with van der Waals surface area (Å²) in [6.45, 7) is 10.5. The number of rotatable bonds is 6. The minimum atomic E-state index is -4.51. The van der Waals surface area contributed by atoms with Crippen molar-refractivity contribution in [1.29, 1.82) is 0 Å². The molecule has 4 aliphatic rings. The smallest absolute Gasteiger partial charge is 0.416 e. The summed E-state index contributed by atoms with van der Waals surface area (Å²) >= 11 is 6.11. The molecule has 0 spiro atoms. The number of anilines is 1. The Morgan fingerprint density at radius 2 is 1.76 bits per heavy atom. The van der Waals surface area contributed by atoms with Gasteiger partial charge in [0.15, 0.2) is 0 Å². The molecule has 3 heterocycles. The van der Waals surface area contributed by atoms with Crippen molar-refractivity contribution in [3.05, 3.63) is 46.7 Å². The Morgan fingerprint density at radius 1 is 1.09 bits per heavy atom. The number of nitrogens with one attached hydrogen (secondary N) is 1. The SMILES string of the molecule is CC(C)(C)OC(=O)N1CC2CC(CN3CCC(c4cnn(C5(C(=O)Nc6ccc(C(F)(F)F)cc6Cl)CCC5)c4)CC3)CC2C1. The molecule has 0 radical (unpaired) electrons. The van der Waals surface area contributed by atoms with E-state index in [1.54, 1.807) is 4.68 Å². The van der Waals surface area contributed by atoms with Gasteiger partial charge < -0.3 is 19.9 Å². The lowest BCUT2D eigenvalue weighted by Crippen LogP contribution is -2.51. The van der Waals surface area contributed by atoms with Crippen molar-refractivity contribution in [2.45, 2.75) is 89.0 Å². The van der Waals surface area contributed by atoms with Gasteiger partial charge in [0.1, 0.15) is 11.1 Å². The highest BCUT2D eigenvalue weighted by molar-refractivity contribution is 6.33. The van der Waals surface area contributed by atoms with Gasteiger partial charge in [-0.25, -0.2) is 4.79 Å². The minimum Gasteiger partial charge on any atom is -0.444 e. The number of piperidine rings is 1. The summed E-state index contributed by atoms with van der Waals surface area (Å²) in [5, 5.41) is 7.22. The van der Waals surface area contributed by atoms with Crippen LogP contribution in [0, 0.1) is 17.8 Å². The number of aromatic nitrogens is 2. The fourth-order valence-corrected chi connectivity index (χ4v) is 7.98. The van der Waals surface area contributed by atoms with Crippen molar-refractivity contribution in [3.63, 3.8) is 0 Å². The Bertz CT molecular complexity index is 1400. The van der Waals surface area contributed by atoms with Crippen molar-refractivity contribution in [2.75, 3.05) is 38.0 Å². The number of ether oxygens (including phenoxy) is 1. The predicted octanol–water partition coefficient (Wildman–Crippen LogP) is 7.15. The van der Waals surface area contributed by atoms with Gasteiger partial charge in [0.25, 0.3) is 5.91 Å². The van der Waals surface area contributed by atoms with E-state index in [9.17, 15) is 22.8 Å². The first-order chi connectivity index (χ1) is 21.2. The molecule has 2 aliphatic carbocycles. The van der Waals surface area contributed by atoms with E-state index in [-0.39, 0.29) is 22.7 Å². The van der Waals surface area contributed by atoms with Crippen LogP contribution < -0.4 is 5.32 Å². The third-order valence-electron chi connectivity index (χ3n) is 10.3. The van der Waals surface area contributed by atoms with Gasteiger partial charge in [-0.3, -0.25) is 9.48 Å². The zero-order chi connectivity index (χ0) is 32.1. The van der Waals surface area contributed by atoms with Gasteiger partial charge in [-0.15, -0.1) is 0 Å². The molecule has 2 unspecified atom stereocenters. The number of halogens is 4. The summed E-state index contributed by atoms with van der Waals surface area (Å²) < 4.78 is 46.5. The molecule has 4 fully saturated rings. The summed E-state index contributed by atoms with van der Waals surface area (Å²) in [7, 11) is 0. The Hall–Kier alpha value is -2.79. The highest BCUT2D eigenvalue weighted by Crippen LogP contribution is 2.44. The third kappa shape index (κ3) is 6.84. The highest BCUT2D eigenvalue weighted by atomic mass is 35.5. The van der Waals surface area contributed by atoms with Gasteiger partial charge >= 0.3 is 12.3 Å². The van der Waals surface area contributed by atoms with E-state index in [1.165, 1.54) is 18.9 Å². The van der Waals surface area contributed by atoms with Gasteiger partial charge in [0.2, 0.25) is 0 Å². The summed E-state index contributed by atoms with van der Waals surface area (Å²) in [6, 6.07) is 2.96. The number of hydrogen-bond acceptors (Lipinski definition) is 5. The van der Waals surface area contributed by atoms with Gasteiger partial charge in [-0.05, 0) is 126 Å². The molecular formula is C33H43ClF3N5O3. The van der Waals surface area contributed by atoms with Crippen LogP contribution >= 0.6 is 11.6 Å². The second-order valence-electron chi connectivity index (χ2n) is 14.6. The van der Waals surface area contributed by atoms with E-state index in [0.29, 0.717) is 36.5 Å². The molecule has 1 aromatic heterocycles. The van der Waals surface area contributed by atoms with Crippen LogP contribution in [0.4, 0.5) is 23.7 Å². The molecular weight excluding hydrogens is 607 g/mol. The van der Waals surface area contributed by atoms with Gasteiger partial charge in [-0.2, -0.15) is 18.3 Å². The maximum atomic E-state index is 13.4. The molecule has 2 aromatic rings. The molecule has 12 heteroatoms. The van der Waals surface area contributed by atoms with Crippen LogP contribution in [-0.2, 0) is 21.2 Å². The summed E-state index contributed by atoms with van der Waals surface area (Å²) in [6.07, 6.45) is 5.62. The molecule has 2 amide bonds.